The monoisotopic (exact) mass is 354 g/mol. The molecule has 1 N–H and O–H groups in total. The van der Waals surface area contributed by atoms with Gasteiger partial charge >= 0.3 is 0 Å². The molecule has 0 radical (unpaired) electrons. The van der Waals surface area contributed by atoms with E-state index in [1.165, 1.54) is 23.5 Å². The minimum Gasteiger partial charge on any atom is -0.273 e. The molecule has 0 saturated carbocycles. The first-order chi connectivity index (χ1) is 12.1. The Morgan fingerprint density at radius 2 is 1.92 bits per heavy atom. The van der Waals surface area contributed by atoms with E-state index in [4.69, 9.17) is 0 Å². The maximum absolute atomic E-state index is 13.0. The van der Waals surface area contributed by atoms with E-state index in [1.807, 2.05) is 24.4 Å². The first-order valence-corrected chi connectivity index (χ1v) is 8.43. The lowest BCUT2D eigenvalue weighted by Gasteiger charge is -2.01. The van der Waals surface area contributed by atoms with Gasteiger partial charge in [-0.3, -0.25) is 9.78 Å². The molecule has 3 rings (SSSR count). The number of rotatable bonds is 5. The van der Waals surface area contributed by atoms with Gasteiger partial charge in [-0.25, -0.2) is 14.8 Å². The fourth-order valence-corrected chi connectivity index (χ4v) is 2.95. The largest absolute Gasteiger partial charge is 0.273 e. The SMILES string of the molecule is C/C(=N/NC(=O)Cc1csc(-c2ccc(F)cc2)n1)c1ccncc1. The summed E-state index contributed by atoms with van der Waals surface area (Å²) >= 11 is 1.42. The van der Waals surface area contributed by atoms with Crippen LogP contribution in [0.4, 0.5) is 4.39 Å². The molecule has 0 spiro atoms. The summed E-state index contributed by atoms with van der Waals surface area (Å²) in [6, 6.07) is 9.75. The van der Waals surface area contributed by atoms with E-state index in [0.29, 0.717) is 11.4 Å². The van der Waals surface area contributed by atoms with Crippen molar-refractivity contribution in [1.82, 2.24) is 15.4 Å². The van der Waals surface area contributed by atoms with Crippen molar-refractivity contribution in [2.45, 2.75) is 13.3 Å². The van der Waals surface area contributed by atoms with Crippen molar-refractivity contribution >= 4 is 23.0 Å². The number of aromatic nitrogens is 2. The third-order valence-corrected chi connectivity index (χ3v) is 4.37. The van der Waals surface area contributed by atoms with Gasteiger partial charge in [0.25, 0.3) is 0 Å². The van der Waals surface area contributed by atoms with Crippen LogP contribution >= 0.6 is 11.3 Å². The zero-order chi connectivity index (χ0) is 17.6. The average molecular weight is 354 g/mol. The molecule has 2 aromatic heterocycles. The first-order valence-electron chi connectivity index (χ1n) is 7.55. The quantitative estimate of drug-likeness (QED) is 0.564. The number of benzene rings is 1. The fourth-order valence-electron chi connectivity index (χ4n) is 2.12. The second-order valence-electron chi connectivity index (χ2n) is 5.30. The van der Waals surface area contributed by atoms with Crippen LogP contribution in [0.5, 0.6) is 0 Å². The normalized spacial score (nSPS) is 11.4. The van der Waals surface area contributed by atoms with Crippen molar-refractivity contribution in [1.29, 1.82) is 0 Å². The maximum atomic E-state index is 13.0. The Labute approximate surface area is 148 Å². The van der Waals surface area contributed by atoms with Crippen LogP contribution in [0.3, 0.4) is 0 Å². The zero-order valence-corrected chi connectivity index (χ0v) is 14.3. The zero-order valence-electron chi connectivity index (χ0n) is 13.4. The van der Waals surface area contributed by atoms with Gasteiger partial charge in [0.2, 0.25) is 5.91 Å². The highest BCUT2D eigenvalue weighted by Crippen LogP contribution is 2.24. The van der Waals surface area contributed by atoms with Crippen molar-refractivity contribution < 1.29 is 9.18 Å². The molecule has 5 nitrogen and oxygen atoms in total. The number of pyridine rings is 1. The van der Waals surface area contributed by atoms with Crippen molar-refractivity contribution in [3.63, 3.8) is 0 Å². The number of nitrogens with one attached hydrogen (secondary N) is 1. The Morgan fingerprint density at radius 1 is 1.20 bits per heavy atom. The summed E-state index contributed by atoms with van der Waals surface area (Å²) in [6.07, 6.45) is 3.47. The van der Waals surface area contributed by atoms with E-state index in [-0.39, 0.29) is 18.1 Å². The summed E-state index contributed by atoms with van der Waals surface area (Å²) in [5.74, 6) is -0.535. The molecule has 2 heterocycles. The molecule has 0 saturated heterocycles. The molecule has 7 heteroatoms. The number of hydrogen-bond acceptors (Lipinski definition) is 5. The second kappa shape index (κ2) is 7.76. The van der Waals surface area contributed by atoms with Crippen LogP contribution in [0.1, 0.15) is 18.2 Å². The summed E-state index contributed by atoms with van der Waals surface area (Å²) in [5, 5.41) is 6.65. The van der Waals surface area contributed by atoms with Crippen LogP contribution in [0.15, 0.2) is 59.3 Å². The summed E-state index contributed by atoms with van der Waals surface area (Å²) in [7, 11) is 0. The van der Waals surface area contributed by atoms with Crippen LogP contribution in [0.25, 0.3) is 10.6 Å². The summed E-state index contributed by atoms with van der Waals surface area (Å²) in [5.41, 5.74) is 5.59. The third-order valence-electron chi connectivity index (χ3n) is 3.43. The number of nitrogens with zero attached hydrogens (tertiary/aromatic N) is 3. The van der Waals surface area contributed by atoms with Crippen molar-refractivity contribution in [3.8, 4) is 10.6 Å². The number of hydrazone groups is 1. The van der Waals surface area contributed by atoms with Gasteiger partial charge in [-0.2, -0.15) is 5.10 Å². The van der Waals surface area contributed by atoms with Crippen LogP contribution in [0.2, 0.25) is 0 Å². The molecule has 1 aromatic carbocycles. The number of carbonyl (C=O) groups is 1. The van der Waals surface area contributed by atoms with E-state index in [9.17, 15) is 9.18 Å². The number of hydrogen-bond donors (Lipinski definition) is 1. The smallest absolute Gasteiger partial charge is 0.246 e. The van der Waals surface area contributed by atoms with Gasteiger partial charge in [0.15, 0.2) is 0 Å². The highest BCUT2D eigenvalue weighted by molar-refractivity contribution is 7.13. The first kappa shape index (κ1) is 16.9. The highest BCUT2D eigenvalue weighted by atomic mass is 32.1. The molecule has 25 heavy (non-hydrogen) atoms. The van der Waals surface area contributed by atoms with Gasteiger partial charge in [0, 0.05) is 28.9 Å². The minimum atomic E-state index is -0.290. The van der Waals surface area contributed by atoms with E-state index in [0.717, 1.165) is 16.1 Å². The molecule has 0 aliphatic rings. The number of amides is 1. The number of carbonyl (C=O) groups excluding carboxylic acids is 1. The predicted octanol–water partition coefficient (Wildman–Crippen LogP) is 3.43. The second-order valence-corrected chi connectivity index (χ2v) is 6.15. The van der Waals surface area contributed by atoms with Gasteiger partial charge in [-0.05, 0) is 43.3 Å². The van der Waals surface area contributed by atoms with E-state index in [1.54, 1.807) is 24.5 Å². The molecule has 1 amide bonds. The molecule has 3 aromatic rings. The lowest BCUT2D eigenvalue weighted by atomic mass is 10.2. The van der Waals surface area contributed by atoms with E-state index in [2.05, 4.69) is 20.5 Å². The highest BCUT2D eigenvalue weighted by Gasteiger charge is 2.09. The number of thiazole rings is 1. The fraction of sp³-hybridized carbons (Fsp3) is 0.111. The predicted molar refractivity (Wildman–Crippen MR) is 95.8 cm³/mol. The average Bonchev–Trinajstić information content (AvgIpc) is 3.09. The van der Waals surface area contributed by atoms with E-state index < -0.39 is 0 Å². The van der Waals surface area contributed by atoms with Crippen LogP contribution in [-0.2, 0) is 11.2 Å². The van der Waals surface area contributed by atoms with Gasteiger partial charge in [0.1, 0.15) is 10.8 Å². The van der Waals surface area contributed by atoms with Gasteiger partial charge in [0.05, 0.1) is 17.8 Å². The number of halogens is 1. The van der Waals surface area contributed by atoms with E-state index >= 15 is 0 Å². The Kier molecular flexibility index (Phi) is 5.25. The molecule has 0 aliphatic heterocycles. The standard InChI is InChI=1S/C18H15FN4OS/c1-12(13-6-8-20-9-7-13)22-23-17(24)10-16-11-25-18(21-16)14-2-4-15(19)5-3-14/h2-9,11H,10H2,1H3,(H,23,24)/b22-12-. The van der Waals surface area contributed by atoms with Crippen LogP contribution in [-0.4, -0.2) is 21.6 Å². The van der Waals surface area contributed by atoms with Gasteiger partial charge in [-0.15, -0.1) is 11.3 Å². The molecule has 0 unspecified atom stereocenters. The van der Waals surface area contributed by atoms with Gasteiger partial charge < -0.3 is 0 Å². The Bertz CT molecular complexity index is 891. The Morgan fingerprint density at radius 3 is 2.64 bits per heavy atom. The summed E-state index contributed by atoms with van der Waals surface area (Å²) in [4.78, 5) is 20.4. The lowest BCUT2D eigenvalue weighted by Crippen LogP contribution is -2.21. The molecule has 0 aliphatic carbocycles. The van der Waals surface area contributed by atoms with Crippen LogP contribution in [0, 0.1) is 5.82 Å². The minimum absolute atomic E-state index is 0.130. The molecule has 0 fully saturated rings. The lowest BCUT2D eigenvalue weighted by molar-refractivity contribution is -0.120. The summed E-state index contributed by atoms with van der Waals surface area (Å²) < 4.78 is 13.0. The Balaban J connectivity index is 1.61. The van der Waals surface area contributed by atoms with Crippen molar-refractivity contribution in [2.24, 2.45) is 5.10 Å². The Hall–Kier alpha value is -2.93. The maximum Gasteiger partial charge on any atom is 0.246 e. The molecular weight excluding hydrogens is 339 g/mol. The molecule has 0 bridgehead atoms. The molecule has 0 atom stereocenters. The van der Waals surface area contributed by atoms with Crippen LogP contribution < -0.4 is 5.43 Å². The van der Waals surface area contributed by atoms with Crippen molar-refractivity contribution in [2.75, 3.05) is 0 Å². The third kappa shape index (κ3) is 4.54. The van der Waals surface area contributed by atoms with Crippen molar-refractivity contribution in [3.05, 3.63) is 71.2 Å². The summed E-state index contributed by atoms with van der Waals surface area (Å²) in [6.45, 7) is 1.81. The molecule has 126 valence electrons. The topological polar surface area (TPSA) is 67.2 Å². The van der Waals surface area contributed by atoms with Gasteiger partial charge in [-0.1, -0.05) is 0 Å². The molecular formula is C18H15FN4OS.